The van der Waals surface area contributed by atoms with Gasteiger partial charge in [-0.2, -0.15) is 0 Å². The highest BCUT2D eigenvalue weighted by molar-refractivity contribution is 5.90. The van der Waals surface area contributed by atoms with Crippen LogP contribution in [0.15, 0.2) is 36.4 Å². The van der Waals surface area contributed by atoms with Crippen LogP contribution in [-0.4, -0.2) is 19.0 Å². The van der Waals surface area contributed by atoms with Gasteiger partial charge in [-0.25, -0.2) is 4.79 Å². The van der Waals surface area contributed by atoms with Gasteiger partial charge in [0.2, 0.25) is 5.91 Å². The van der Waals surface area contributed by atoms with Gasteiger partial charge in [0.1, 0.15) is 0 Å². The number of carbonyl (C=O) groups is 2. The zero-order valence-electron chi connectivity index (χ0n) is 9.42. The largest absolute Gasteiger partial charge is 0.466 e. The van der Waals surface area contributed by atoms with Gasteiger partial charge in [-0.15, -0.1) is 0 Å². The maximum absolute atomic E-state index is 10.9. The van der Waals surface area contributed by atoms with Crippen LogP contribution in [0.2, 0.25) is 0 Å². The Morgan fingerprint density at radius 1 is 1.06 bits per heavy atom. The van der Waals surface area contributed by atoms with Gasteiger partial charge in [0.25, 0.3) is 0 Å². The third-order valence-electron chi connectivity index (χ3n) is 1.99. The Morgan fingerprint density at radius 2 is 1.53 bits per heavy atom. The van der Waals surface area contributed by atoms with E-state index in [0.29, 0.717) is 0 Å². The summed E-state index contributed by atoms with van der Waals surface area (Å²) in [5.41, 5.74) is 6.71. The Hall–Kier alpha value is -2.36. The molecule has 4 heteroatoms. The van der Waals surface area contributed by atoms with E-state index >= 15 is 0 Å². The highest BCUT2D eigenvalue weighted by atomic mass is 16.5. The number of ether oxygens (including phenoxy) is 1. The van der Waals surface area contributed by atoms with Crippen molar-refractivity contribution in [1.82, 2.24) is 0 Å². The maximum atomic E-state index is 10.9. The van der Waals surface area contributed by atoms with E-state index in [-0.39, 0.29) is 0 Å². The molecule has 17 heavy (non-hydrogen) atoms. The van der Waals surface area contributed by atoms with E-state index in [1.54, 1.807) is 12.2 Å². The van der Waals surface area contributed by atoms with E-state index in [1.165, 1.54) is 19.3 Å². The van der Waals surface area contributed by atoms with E-state index in [4.69, 9.17) is 5.73 Å². The SMILES string of the molecule is COC(=O)/C=C/c1ccc(C=CC(N)=O)cc1. The number of carbonyl (C=O) groups excluding carboxylic acids is 2. The van der Waals surface area contributed by atoms with Crippen LogP contribution in [-0.2, 0) is 14.3 Å². The summed E-state index contributed by atoms with van der Waals surface area (Å²) in [4.78, 5) is 21.4. The van der Waals surface area contributed by atoms with E-state index in [0.717, 1.165) is 11.1 Å². The average Bonchev–Trinajstić information content (AvgIpc) is 2.34. The minimum Gasteiger partial charge on any atom is -0.466 e. The lowest BCUT2D eigenvalue weighted by Gasteiger charge is -1.95. The molecule has 1 amide bonds. The molecular formula is C13H13NO3. The predicted molar refractivity (Wildman–Crippen MR) is 65.7 cm³/mol. The zero-order valence-corrected chi connectivity index (χ0v) is 9.42. The number of methoxy groups -OCH3 is 1. The summed E-state index contributed by atoms with van der Waals surface area (Å²) in [7, 11) is 1.32. The first kappa shape index (κ1) is 12.7. The maximum Gasteiger partial charge on any atom is 0.330 e. The Kier molecular flexibility index (Phi) is 4.69. The molecule has 1 aromatic rings. The molecular weight excluding hydrogens is 218 g/mol. The van der Waals surface area contributed by atoms with Crippen LogP contribution in [0.4, 0.5) is 0 Å². The molecule has 0 heterocycles. The number of amides is 1. The number of primary amides is 1. The summed E-state index contributed by atoms with van der Waals surface area (Å²) in [6, 6.07) is 7.27. The second kappa shape index (κ2) is 6.27. The molecule has 0 radical (unpaired) electrons. The number of benzene rings is 1. The van der Waals surface area contributed by atoms with Crippen molar-refractivity contribution < 1.29 is 14.3 Å². The fourth-order valence-electron chi connectivity index (χ4n) is 1.13. The van der Waals surface area contributed by atoms with E-state index in [1.807, 2.05) is 24.3 Å². The first-order valence-corrected chi connectivity index (χ1v) is 4.95. The third kappa shape index (κ3) is 4.79. The Morgan fingerprint density at radius 3 is 1.94 bits per heavy atom. The van der Waals surface area contributed by atoms with E-state index in [9.17, 15) is 9.59 Å². The Balaban J connectivity index is 2.71. The van der Waals surface area contributed by atoms with Crippen LogP contribution in [0.1, 0.15) is 11.1 Å². The van der Waals surface area contributed by atoms with Gasteiger partial charge in [0.15, 0.2) is 0 Å². The number of hydrogen-bond donors (Lipinski definition) is 1. The Labute approximate surface area is 99.4 Å². The fraction of sp³-hybridized carbons (Fsp3) is 0.0769. The molecule has 0 spiro atoms. The summed E-state index contributed by atoms with van der Waals surface area (Å²) in [6.07, 6.45) is 5.90. The lowest BCUT2D eigenvalue weighted by molar-refractivity contribution is -0.134. The van der Waals surface area contributed by atoms with Crippen molar-refractivity contribution in [1.29, 1.82) is 0 Å². The quantitative estimate of drug-likeness (QED) is 0.628. The minimum atomic E-state index is -0.486. The smallest absolute Gasteiger partial charge is 0.330 e. The van der Waals surface area contributed by atoms with Gasteiger partial charge >= 0.3 is 5.97 Å². The number of nitrogens with two attached hydrogens (primary N) is 1. The summed E-state index contributed by atoms with van der Waals surface area (Å²) in [5.74, 6) is -0.887. The summed E-state index contributed by atoms with van der Waals surface area (Å²) in [5, 5.41) is 0. The van der Waals surface area contributed by atoms with Crippen molar-refractivity contribution in [3.63, 3.8) is 0 Å². The van der Waals surface area contributed by atoms with Gasteiger partial charge in [-0.1, -0.05) is 24.3 Å². The van der Waals surface area contributed by atoms with Gasteiger partial charge < -0.3 is 10.5 Å². The first-order chi connectivity index (χ1) is 8.11. The van der Waals surface area contributed by atoms with Gasteiger partial charge in [-0.05, 0) is 23.3 Å². The van der Waals surface area contributed by atoms with Gasteiger partial charge in [0.05, 0.1) is 7.11 Å². The minimum absolute atomic E-state index is 0.400. The number of rotatable bonds is 4. The molecule has 2 N–H and O–H groups in total. The van der Waals surface area contributed by atoms with E-state index in [2.05, 4.69) is 4.74 Å². The number of esters is 1. The zero-order chi connectivity index (χ0) is 12.7. The predicted octanol–water partition coefficient (Wildman–Crippen LogP) is 1.37. The topological polar surface area (TPSA) is 69.4 Å². The average molecular weight is 231 g/mol. The fourth-order valence-corrected chi connectivity index (χ4v) is 1.13. The van der Waals surface area contributed by atoms with Crippen molar-refractivity contribution in [2.24, 2.45) is 5.73 Å². The van der Waals surface area contributed by atoms with Crippen molar-refractivity contribution in [2.75, 3.05) is 7.11 Å². The van der Waals surface area contributed by atoms with Crippen molar-refractivity contribution in [3.8, 4) is 0 Å². The van der Waals surface area contributed by atoms with Crippen LogP contribution < -0.4 is 5.73 Å². The monoisotopic (exact) mass is 231 g/mol. The van der Waals surface area contributed by atoms with Crippen molar-refractivity contribution in [3.05, 3.63) is 47.5 Å². The van der Waals surface area contributed by atoms with Crippen LogP contribution in [0.3, 0.4) is 0 Å². The molecule has 0 bridgehead atoms. The molecule has 0 aliphatic heterocycles. The summed E-state index contributed by atoms with van der Waals surface area (Å²) < 4.78 is 4.47. The molecule has 0 unspecified atom stereocenters. The molecule has 0 saturated heterocycles. The molecule has 0 aliphatic rings. The lowest BCUT2D eigenvalue weighted by Crippen LogP contribution is -2.04. The molecule has 0 atom stereocenters. The number of hydrogen-bond acceptors (Lipinski definition) is 3. The second-order valence-electron chi connectivity index (χ2n) is 3.26. The highest BCUT2D eigenvalue weighted by Crippen LogP contribution is 2.07. The standard InChI is InChI=1S/C13H13NO3/c1-17-13(16)9-7-11-4-2-10(3-5-11)6-8-12(14)15/h2-9H,1H3,(H2,14,15)/b8-6?,9-7+. The van der Waals surface area contributed by atoms with Crippen LogP contribution in [0, 0.1) is 0 Å². The molecule has 0 fully saturated rings. The highest BCUT2D eigenvalue weighted by Gasteiger charge is 1.92. The van der Waals surface area contributed by atoms with E-state index < -0.39 is 11.9 Å². The molecule has 1 aromatic carbocycles. The van der Waals surface area contributed by atoms with Crippen LogP contribution >= 0.6 is 0 Å². The molecule has 0 saturated carbocycles. The summed E-state index contributed by atoms with van der Waals surface area (Å²) in [6.45, 7) is 0. The lowest BCUT2D eigenvalue weighted by atomic mass is 10.1. The van der Waals surface area contributed by atoms with Crippen LogP contribution in [0.25, 0.3) is 12.2 Å². The molecule has 88 valence electrons. The molecule has 0 aromatic heterocycles. The Bertz CT molecular complexity index is 458. The van der Waals surface area contributed by atoms with Gasteiger partial charge in [0, 0.05) is 12.2 Å². The second-order valence-corrected chi connectivity index (χ2v) is 3.26. The summed E-state index contributed by atoms with van der Waals surface area (Å²) >= 11 is 0. The molecule has 0 aliphatic carbocycles. The normalized spacial score (nSPS) is 10.9. The van der Waals surface area contributed by atoms with Crippen molar-refractivity contribution >= 4 is 24.0 Å². The molecule has 1 rings (SSSR count). The van der Waals surface area contributed by atoms with Gasteiger partial charge in [-0.3, -0.25) is 4.79 Å². The third-order valence-corrected chi connectivity index (χ3v) is 1.99. The van der Waals surface area contributed by atoms with Crippen LogP contribution in [0.5, 0.6) is 0 Å². The first-order valence-electron chi connectivity index (χ1n) is 4.95. The van der Waals surface area contributed by atoms with Crippen molar-refractivity contribution in [2.45, 2.75) is 0 Å². The molecule has 4 nitrogen and oxygen atoms in total.